The van der Waals surface area contributed by atoms with Crippen molar-refractivity contribution in [2.45, 2.75) is 19.8 Å². The third-order valence-corrected chi connectivity index (χ3v) is 5.40. The van der Waals surface area contributed by atoms with Gasteiger partial charge in [0.15, 0.2) is 0 Å². The van der Waals surface area contributed by atoms with E-state index in [-0.39, 0.29) is 11.8 Å². The number of nitrogens with zero attached hydrogens (tertiary/aromatic N) is 1. The summed E-state index contributed by atoms with van der Waals surface area (Å²) in [7, 11) is 0. The van der Waals surface area contributed by atoms with Gasteiger partial charge in [-0.2, -0.15) is 0 Å². The molecule has 138 valence electrons. The third-order valence-electron chi connectivity index (χ3n) is 4.53. The lowest BCUT2D eigenvalue weighted by Gasteiger charge is -2.20. The maximum atomic E-state index is 12.3. The molecule has 1 aromatic heterocycles. The van der Waals surface area contributed by atoms with Crippen molar-refractivity contribution in [3.8, 4) is 0 Å². The molecule has 1 saturated heterocycles. The molecule has 2 heterocycles. The molecular weight excluding hydrogens is 346 g/mol. The number of thiophene rings is 1. The molecule has 1 aliphatic rings. The number of hydrogen-bond donors (Lipinski definition) is 2. The normalized spacial score (nSPS) is 15.6. The van der Waals surface area contributed by atoms with E-state index in [1.165, 1.54) is 37.3 Å². The molecule has 0 aliphatic carbocycles. The number of likely N-dealkylation sites (tertiary alicyclic amines) is 1. The lowest BCUT2D eigenvalue weighted by atomic mass is 10.1. The zero-order valence-electron chi connectivity index (χ0n) is 15.0. The van der Waals surface area contributed by atoms with Gasteiger partial charge in [0.2, 0.25) is 0 Å². The summed E-state index contributed by atoms with van der Waals surface area (Å²) in [6, 6.07) is 10.6. The summed E-state index contributed by atoms with van der Waals surface area (Å²) < 4.78 is 0. The van der Waals surface area contributed by atoms with Crippen LogP contribution in [0.5, 0.6) is 0 Å². The molecule has 1 aromatic carbocycles. The minimum Gasteiger partial charge on any atom is -0.352 e. The highest BCUT2D eigenvalue weighted by molar-refractivity contribution is 7.12. The van der Waals surface area contributed by atoms with Crippen LogP contribution < -0.4 is 10.6 Å². The topological polar surface area (TPSA) is 61.4 Å². The van der Waals surface area contributed by atoms with Crippen molar-refractivity contribution in [3.63, 3.8) is 0 Å². The van der Waals surface area contributed by atoms with E-state index in [1.807, 2.05) is 11.4 Å². The largest absolute Gasteiger partial charge is 0.352 e. The number of carbonyl (C=O) groups is 2. The highest BCUT2D eigenvalue weighted by Gasteiger charge is 2.15. The van der Waals surface area contributed by atoms with Gasteiger partial charge in [-0.05, 0) is 67.6 Å². The average Bonchev–Trinajstić information content (AvgIpc) is 3.34. The van der Waals surface area contributed by atoms with Crippen molar-refractivity contribution in [3.05, 3.63) is 52.2 Å². The first-order valence-corrected chi connectivity index (χ1v) is 9.95. The molecule has 1 atom stereocenters. The minimum atomic E-state index is -0.132. The Hall–Kier alpha value is -2.18. The van der Waals surface area contributed by atoms with Crippen molar-refractivity contribution in [1.29, 1.82) is 0 Å². The molecule has 1 unspecified atom stereocenters. The number of rotatable bonds is 7. The molecule has 1 aliphatic heterocycles. The Morgan fingerprint density at radius 2 is 1.85 bits per heavy atom. The Labute approximate surface area is 158 Å². The van der Waals surface area contributed by atoms with Crippen LogP contribution in [0, 0.1) is 5.92 Å². The Morgan fingerprint density at radius 3 is 2.50 bits per heavy atom. The van der Waals surface area contributed by atoms with Gasteiger partial charge in [-0.25, -0.2) is 0 Å². The standard InChI is InChI=1S/C20H25N3O2S/c1-15(14-23-10-2-3-11-23)13-21-19(24)16-6-8-17(9-7-16)22-20(25)18-5-4-12-26-18/h4-9,12,15H,2-3,10-11,13-14H2,1H3,(H,21,24)(H,22,25). The van der Waals surface area contributed by atoms with Crippen LogP contribution in [-0.2, 0) is 0 Å². The van der Waals surface area contributed by atoms with E-state index in [0.717, 1.165) is 6.54 Å². The molecule has 0 radical (unpaired) electrons. The fourth-order valence-corrected chi connectivity index (χ4v) is 3.76. The van der Waals surface area contributed by atoms with Gasteiger partial charge in [0.1, 0.15) is 0 Å². The van der Waals surface area contributed by atoms with Gasteiger partial charge in [0, 0.05) is 24.3 Å². The van der Waals surface area contributed by atoms with E-state index in [9.17, 15) is 9.59 Å². The second-order valence-corrected chi connectivity index (χ2v) is 7.78. The molecule has 2 amide bonds. The summed E-state index contributed by atoms with van der Waals surface area (Å²) in [5.74, 6) is 0.226. The van der Waals surface area contributed by atoms with Gasteiger partial charge in [-0.3, -0.25) is 9.59 Å². The molecule has 26 heavy (non-hydrogen) atoms. The van der Waals surface area contributed by atoms with E-state index in [1.54, 1.807) is 30.3 Å². The summed E-state index contributed by atoms with van der Waals surface area (Å²) in [6.45, 7) is 6.23. The molecule has 6 heteroatoms. The average molecular weight is 372 g/mol. The summed E-state index contributed by atoms with van der Waals surface area (Å²) >= 11 is 1.40. The second-order valence-electron chi connectivity index (χ2n) is 6.83. The zero-order valence-corrected chi connectivity index (χ0v) is 15.8. The van der Waals surface area contributed by atoms with Crippen LogP contribution in [0.15, 0.2) is 41.8 Å². The van der Waals surface area contributed by atoms with E-state index in [4.69, 9.17) is 0 Å². The van der Waals surface area contributed by atoms with Gasteiger partial charge in [-0.15, -0.1) is 11.3 Å². The quantitative estimate of drug-likeness (QED) is 0.783. The van der Waals surface area contributed by atoms with E-state index < -0.39 is 0 Å². The predicted octanol–water partition coefficient (Wildman–Crippen LogP) is 3.46. The number of amides is 2. The van der Waals surface area contributed by atoms with Gasteiger partial charge < -0.3 is 15.5 Å². The SMILES string of the molecule is CC(CNC(=O)c1ccc(NC(=O)c2cccs2)cc1)CN1CCCC1. The summed E-state index contributed by atoms with van der Waals surface area (Å²) in [6.07, 6.45) is 2.57. The van der Waals surface area contributed by atoms with Gasteiger partial charge >= 0.3 is 0 Å². The first-order valence-electron chi connectivity index (χ1n) is 9.07. The van der Waals surface area contributed by atoms with Crippen LogP contribution in [0.3, 0.4) is 0 Å². The summed E-state index contributed by atoms with van der Waals surface area (Å²) in [5.41, 5.74) is 1.29. The van der Waals surface area contributed by atoms with Crippen LogP contribution >= 0.6 is 11.3 Å². The van der Waals surface area contributed by atoms with Crippen molar-refractivity contribution < 1.29 is 9.59 Å². The summed E-state index contributed by atoms with van der Waals surface area (Å²) in [4.78, 5) is 27.5. The monoisotopic (exact) mass is 371 g/mol. The van der Waals surface area contributed by atoms with Crippen LogP contribution in [0.2, 0.25) is 0 Å². The Balaban J connectivity index is 1.46. The van der Waals surface area contributed by atoms with Crippen LogP contribution in [0.4, 0.5) is 5.69 Å². The number of benzene rings is 1. The van der Waals surface area contributed by atoms with Gasteiger partial charge in [0.05, 0.1) is 4.88 Å². The number of carbonyl (C=O) groups excluding carboxylic acids is 2. The molecule has 0 saturated carbocycles. The molecule has 2 N–H and O–H groups in total. The van der Waals surface area contributed by atoms with E-state index in [0.29, 0.717) is 28.6 Å². The first-order chi connectivity index (χ1) is 12.6. The van der Waals surface area contributed by atoms with E-state index in [2.05, 4.69) is 22.5 Å². The Kier molecular flexibility index (Phi) is 6.41. The van der Waals surface area contributed by atoms with Crippen molar-refractivity contribution >= 4 is 28.8 Å². The van der Waals surface area contributed by atoms with Crippen molar-refractivity contribution in [2.75, 3.05) is 31.5 Å². The maximum Gasteiger partial charge on any atom is 0.265 e. The highest BCUT2D eigenvalue weighted by Crippen LogP contribution is 2.14. The lowest BCUT2D eigenvalue weighted by molar-refractivity contribution is 0.0944. The molecule has 5 nitrogen and oxygen atoms in total. The van der Waals surface area contributed by atoms with E-state index >= 15 is 0 Å². The van der Waals surface area contributed by atoms with Gasteiger partial charge in [-0.1, -0.05) is 13.0 Å². The Morgan fingerprint density at radius 1 is 1.12 bits per heavy atom. The first kappa shape index (κ1) is 18.6. The maximum absolute atomic E-state index is 12.3. The molecule has 0 bridgehead atoms. The minimum absolute atomic E-state index is 0.0746. The summed E-state index contributed by atoms with van der Waals surface area (Å²) in [5, 5.41) is 7.71. The Bertz CT molecular complexity index is 722. The zero-order chi connectivity index (χ0) is 18.4. The number of anilines is 1. The fraction of sp³-hybridized carbons (Fsp3) is 0.400. The lowest BCUT2D eigenvalue weighted by Crippen LogP contribution is -2.34. The smallest absolute Gasteiger partial charge is 0.265 e. The molecule has 1 fully saturated rings. The molecule has 0 spiro atoms. The molecule has 2 aromatic rings. The van der Waals surface area contributed by atoms with Crippen molar-refractivity contribution in [2.24, 2.45) is 5.92 Å². The van der Waals surface area contributed by atoms with Crippen LogP contribution in [0.1, 0.15) is 39.8 Å². The molecule has 3 rings (SSSR count). The number of nitrogens with one attached hydrogen (secondary N) is 2. The second kappa shape index (κ2) is 8.96. The predicted molar refractivity (Wildman–Crippen MR) is 106 cm³/mol. The van der Waals surface area contributed by atoms with Gasteiger partial charge in [0.25, 0.3) is 11.8 Å². The van der Waals surface area contributed by atoms with Crippen molar-refractivity contribution in [1.82, 2.24) is 10.2 Å². The molecular formula is C20H25N3O2S. The van der Waals surface area contributed by atoms with Crippen LogP contribution in [0.25, 0.3) is 0 Å². The fourth-order valence-electron chi connectivity index (χ4n) is 3.14. The third kappa shape index (κ3) is 5.16. The highest BCUT2D eigenvalue weighted by atomic mass is 32.1. The van der Waals surface area contributed by atoms with Crippen LogP contribution in [-0.4, -0.2) is 42.9 Å². The number of hydrogen-bond acceptors (Lipinski definition) is 4.